The summed E-state index contributed by atoms with van der Waals surface area (Å²) in [6.45, 7) is 4.08. The minimum Gasteiger partial charge on any atom is -0.361 e. The van der Waals surface area contributed by atoms with Gasteiger partial charge in [-0.2, -0.15) is 0 Å². The van der Waals surface area contributed by atoms with Crippen LogP contribution < -0.4 is 5.32 Å². The molecular formula is C21H20N4. The van der Waals surface area contributed by atoms with Gasteiger partial charge in [0.2, 0.25) is 0 Å². The molecule has 0 atom stereocenters. The van der Waals surface area contributed by atoms with Crippen LogP contribution in [0.3, 0.4) is 0 Å². The van der Waals surface area contributed by atoms with Crippen molar-refractivity contribution in [2.24, 2.45) is 0 Å². The van der Waals surface area contributed by atoms with Crippen molar-refractivity contribution in [1.29, 1.82) is 0 Å². The zero-order valence-electron chi connectivity index (χ0n) is 14.2. The summed E-state index contributed by atoms with van der Waals surface area (Å²) in [4.78, 5) is 11.2. The van der Waals surface area contributed by atoms with E-state index >= 15 is 0 Å². The molecule has 4 heterocycles. The summed E-state index contributed by atoms with van der Waals surface area (Å²) in [7, 11) is 0. The van der Waals surface area contributed by atoms with Gasteiger partial charge < -0.3 is 15.3 Å². The van der Waals surface area contributed by atoms with Gasteiger partial charge in [0.25, 0.3) is 0 Å². The molecule has 4 aromatic rings. The number of fused-ring (bicyclic) bond motifs is 2. The molecule has 5 rings (SSSR count). The van der Waals surface area contributed by atoms with Crippen molar-refractivity contribution in [3.8, 4) is 22.4 Å². The molecule has 4 nitrogen and oxygen atoms in total. The van der Waals surface area contributed by atoms with Crippen molar-refractivity contribution in [1.82, 2.24) is 20.3 Å². The Morgan fingerprint density at radius 1 is 1.08 bits per heavy atom. The molecule has 1 aliphatic heterocycles. The lowest BCUT2D eigenvalue weighted by Crippen LogP contribution is -2.24. The minimum absolute atomic E-state index is 0.929. The Hall–Kier alpha value is -2.85. The van der Waals surface area contributed by atoms with E-state index in [1.807, 2.05) is 18.6 Å². The predicted molar refractivity (Wildman–Crippen MR) is 101 cm³/mol. The highest BCUT2D eigenvalue weighted by Crippen LogP contribution is 2.34. The normalized spacial score (nSPS) is 14.0. The topological polar surface area (TPSA) is 56.5 Å². The fraction of sp³-hybridized carbons (Fsp3) is 0.190. The number of aryl methyl sites for hydroxylation is 1. The molecule has 0 spiro atoms. The highest BCUT2D eigenvalue weighted by atomic mass is 14.9. The lowest BCUT2D eigenvalue weighted by molar-refractivity contribution is 0.645. The highest BCUT2D eigenvalue weighted by Gasteiger charge is 2.17. The van der Waals surface area contributed by atoms with E-state index < -0.39 is 0 Å². The van der Waals surface area contributed by atoms with E-state index in [1.165, 1.54) is 44.5 Å². The number of aromatic amines is 2. The molecule has 0 fully saturated rings. The van der Waals surface area contributed by atoms with Gasteiger partial charge in [0.1, 0.15) is 5.65 Å². The minimum atomic E-state index is 0.929. The van der Waals surface area contributed by atoms with E-state index in [1.54, 1.807) is 0 Å². The first-order chi connectivity index (χ1) is 12.3. The summed E-state index contributed by atoms with van der Waals surface area (Å²) in [6, 6.07) is 11.1. The SMILES string of the molecule is Cc1c[nH]c2ncc(-c3cc4c(c(-c5ccc[nH]5)c3)CNCC4)cc12. The number of nitrogens with zero attached hydrogens (tertiary/aromatic N) is 1. The van der Waals surface area contributed by atoms with Gasteiger partial charge in [-0.25, -0.2) is 4.98 Å². The molecule has 1 aromatic carbocycles. The van der Waals surface area contributed by atoms with Crippen molar-refractivity contribution < 1.29 is 0 Å². The van der Waals surface area contributed by atoms with Crippen LogP contribution in [0.2, 0.25) is 0 Å². The van der Waals surface area contributed by atoms with Gasteiger partial charge in [-0.3, -0.25) is 0 Å². The molecule has 0 aliphatic carbocycles. The van der Waals surface area contributed by atoms with Crippen LogP contribution in [0.15, 0.2) is 48.9 Å². The number of nitrogens with one attached hydrogen (secondary N) is 3. The first-order valence-electron chi connectivity index (χ1n) is 8.74. The molecule has 0 saturated carbocycles. The van der Waals surface area contributed by atoms with Crippen LogP contribution in [-0.2, 0) is 13.0 Å². The van der Waals surface area contributed by atoms with E-state index in [9.17, 15) is 0 Å². The van der Waals surface area contributed by atoms with Crippen LogP contribution in [-0.4, -0.2) is 21.5 Å². The van der Waals surface area contributed by atoms with Gasteiger partial charge >= 0.3 is 0 Å². The Morgan fingerprint density at radius 2 is 2.04 bits per heavy atom. The molecule has 3 aromatic heterocycles. The van der Waals surface area contributed by atoms with Crippen LogP contribution in [0, 0.1) is 6.92 Å². The quantitative estimate of drug-likeness (QED) is 0.517. The van der Waals surface area contributed by atoms with Gasteiger partial charge in [-0.15, -0.1) is 0 Å². The van der Waals surface area contributed by atoms with E-state index in [-0.39, 0.29) is 0 Å². The number of pyridine rings is 1. The number of aromatic nitrogens is 3. The Morgan fingerprint density at radius 3 is 2.92 bits per heavy atom. The Bertz CT molecular complexity index is 1060. The lowest BCUT2D eigenvalue weighted by Gasteiger charge is -2.22. The van der Waals surface area contributed by atoms with Crippen LogP contribution >= 0.6 is 0 Å². The summed E-state index contributed by atoms with van der Waals surface area (Å²) < 4.78 is 0. The molecule has 0 unspecified atom stereocenters. The zero-order valence-corrected chi connectivity index (χ0v) is 14.2. The second-order valence-electron chi connectivity index (χ2n) is 6.76. The third-order valence-corrected chi connectivity index (χ3v) is 5.17. The molecule has 0 amide bonds. The summed E-state index contributed by atoms with van der Waals surface area (Å²) in [5, 5.41) is 4.69. The van der Waals surface area contributed by atoms with Crippen molar-refractivity contribution >= 4 is 11.0 Å². The van der Waals surface area contributed by atoms with E-state index in [0.29, 0.717) is 0 Å². The lowest BCUT2D eigenvalue weighted by atomic mass is 9.90. The van der Waals surface area contributed by atoms with Crippen molar-refractivity contribution in [3.63, 3.8) is 0 Å². The number of H-pyrrole nitrogens is 2. The molecule has 0 bridgehead atoms. The maximum atomic E-state index is 4.61. The second-order valence-corrected chi connectivity index (χ2v) is 6.76. The van der Waals surface area contributed by atoms with E-state index in [2.05, 4.69) is 57.5 Å². The van der Waals surface area contributed by atoms with Crippen molar-refractivity contribution in [2.75, 3.05) is 6.54 Å². The van der Waals surface area contributed by atoms with Crippen LogP contribution in [0.25, 0.3) is 33.4 Å². The van der Waals surface area contributed by atoms with E-state index in [4.69, 9.17) is 0 Å². The average molecular weight is 328 g/mol. The molecule has 0 saturated heterocycles. The summed E-state index contributed by atoms with van der Waals surface area (Å²) in [5.41, 5.74) is 9.90. The summed E-state index contributed by atoms with van der Waals surface area (Å²) in [5.74, 6) is 0. The molecule has 4 heteroatoms. The fourth-order valence-corrected chi connectivity index (χ4v) is 3.80. The van der Waals surface area contributed by atoms with Crippen LogP contribution in [0.4, 0.5) is 0 Å². The number of benzene rings is 1. The van der Waals surface area contributed by atoms with Gasteiger partial charge in [0, 0.05) is 47.3 Å². The van der Waals surface area contributed by atoms with Gasteiger partial charge in [0.05, 0.1) is 0 Å². The maximum Gasteiger partial charge on any atom is 0.137 e. The second kappa shape index (κ2) is 5.60. The third-order valence-electron chi connectivity index (χ3n) is 5.17. The number of hydrogen-bond acceptors (Lipinski definition) is 2. The van der Waals surface area contributed by atoms with Crippen LogP contribution in [0.1, 0.15) is 16.7 Å². The highest BCUT2D eigenvalue weighted by molar-refractivity contribution is 5.85. The Kier molecular flexibility index (Phi) is 3.25. The monoisotopic (exact) mass is 328 g/mol. The third kappa shape index (κ3) is 2.37. The Labute approximate surface area is 146 Å². The summed E-state index contributed by atoms with van der Waals surface area (Å²) >= 11 is 0. The van der Waals surface area contributed by atoms with Gasteiger partial charge in [-0.1, -0.05) is 6.07 Å². The first kappa shape index (κ1) is 14.5. The van der Waals surface area contributed by atoms with Gasteiger partial charge in [-0.05, 0) is 66.4 Å². The van der Waals surface area contributed by atoms with E-state index in [0.717, 1.165) is 25.2 Å². The number of rotatable bonds is 2. The first-order valence-corrected chi connectivity index (χ1v) is 8.74. The van der Waals surface area contributed by atoms with Gasteiger partial charge in [0.15, 0.2) is 0 Å². The molecule has 1 aliphatic rings. The Balaban J connectivity index is 1.72. The molecule has 3 N–H and O–H groups in total. The molecule has 25 heavy (non-hydrogen) atoms. The number of hydrogen-bond donors (Lipinski definition) is 3. The fourth-order valence-electron chi connectivity index (χ4n) is 3.80. The summed E-state index contributed by atoms with van der Waals surface area (Å²) in [6.07, 6.45) is 7.04. The zero-order chi connectivity index (χ0) is 16.8. The molecular weight excluding hydrogens is 308 g/mol. The van der Waals surface area contributed by atoms with Crippen molar-refractivity contribution in [3.05, 3.63) is 65.6 Å². The molecule has 0 radical (unpaired) electrons. The predicted octanol–water partition coefficient (Wildman–Crippen LogP) is 4.18. The standard InChI is InChI=1S/C21H20N4/c1-13-10-24-21-17(13)9-16(11-25-21)15-7-14-4-6-22-12-19(14)18(8-15)20-3-2-5-23-20/h2-3,5,7-11,22-23H,4,6,12H2,1H3,(H,24,25). The molecule has 124 valence electrons. The maximum absolute atomic E-state index is 4.61. The average Bonchev–Trinajstić information content (AvgIpc) is 3.31. The van der Waals surface area contributed by atoms with Crippen molar-refractivity contribution in [2.45, 2.75) is 19.9 Å². The smallest absolute Gasteiger partial charge is 0.137 e. The van der Waals surface area contributed by atoms with Crippen LogP contribution in [0.5, 0.6) is 0 Å². The largest absolute Gasteiger partial charge is 0.361 e.